The Balaban J connectivity index is 2.27. The monoisotopic (exact) mass is 303 g/mol. The van der Waals surface area contributed by atoms with E-state index in [1.165, 1.54) is 14.0 Å². The molecule has 112 valence electrons. The third-order valence-corrected chi connectivity index (χ3v) is 5.02. The van der Waals surface area contributed by atoms with Gasteiger partial charge in [-0.2, -0.15) is 9.40 Å². The predicted molar refractivity (Wildman–Crippen MR) is 69.1 cm³/mol. The molecule has 0 saturated carbocycles. The summed E-state index contributed by atoms with van der Waals surface area (Å²) in [6.45, 7) is 2.28. The lowest BCUT2D eigenvalue weighted by Gasteiger charge is -2.19. The van der Waals surface area contributed by atoms with Crippen molar-refractivity contribution in [1.29, 1.82) is 0 Å². The molecular weight excluding hydrogens is 286 g/mol. The fraction of sp³-hybridized carbons (Fsp3) is 0.636. The molecule has 2 rings (SSSR count). The topological polar surface area (TPSA) is 113 Å². The van der Waals surface area contributed by atoms with Crippen LogP contribution in [0.15, 0.2) is 5.03 Å². The van der Waals surface area contributed by atoms with Crippen LogP contribution in [0.5, 0.6) is 0 Å². The molecule has 0 aliphatic carbocycles. The highest BCUT2D eigenvalue weighted by atomic mass is 32.2. The number of aromatic carboxylic acids is 1. The van der Waals surface area contributed by atoms with Crippen LogP contribution in [0.25, 0.3) is 0 Å². The molecule has 20 heavy (non-hydrogen) atoms. The number of H-pyrrole nitrogens is 1. The molecule has 0 bridgehead atoms. The molecule has 1 aromatic heterocycles. The van der Waals surface area contributed by atoms with Gasteiger partial charge in [0.2, 0.25) is 5.03 Å². The summed E-state index contributed by atoms with van der Waals surface area (Å²) >= 11 is 0. The largest absolute Gasteiger partial charge is 0.478 e. The lowest BCUT2D eigenvalue weighted by molar-refractivity contribution is 0.0691. The average Bonchev–Trinajstić information content (AvgIpc) is 2.98. The Labute approximate surface area is 116 Å². The van der Waals surface area contributed by atoms with Crippen molar-refractivity contribution >= 4 is 16.0 Å². The number of hydrogen-bond acceptors (Lipinski definition) is 5. The first-order valence-corrected chi connectivity index (χ1v) is 7.64. The number of aryl methyl sites for hydroxylation is 1. The number of aromatic amines is 1. The van der Waals surface area contributed by atoms with Gasteiger partial charge in [0, 0.05) is 25.9 Å². The van der Waals surface area contributed by atoms with Crippen molar-refractivity contribution in [3.8, 4) is 0 Å². The van der Waals surface area contributed by atoms with Gasteiger partial charge in [-0.1, -0.05) is 0 Å². The van der Waals surface area contributed by atoms with Gasteiger partial charge in [-0.25, -0.2) is 13.2 Å². The molecule has 1 unspecified atom stereocenters. The van der Waals surface area contributed by atoms with Crippen molar-refractivity contribution in [3.63, 3.8) is 0 Å². The van der Waals surface area contributed by atoms with E-state index in [1.54, 1.807) is 0 Å². The van der Waals surface area contributed by atoms with Crippen LogP contribution in [0.2, 0.25) is 0 Å². The van der Waals surface area contributed by atoms with E-state index in [4.69, 9.17) is 9.84 Å². The summed E-state index contributed by atoms with van der Waals surface area (Å²) in [4.78, 5) is 11.1. The van der Waals surface area contributed by atoms with E-state index in [0.717, 1.165) is 17.1 Å². The molecule has 1 atom stereocenters. The second-order valence-electron chi connectivity index (χ2n) is 4.75. The van der Waals surface area contributed by atoms with Crippen molar-refractivity contribution in [2.75, 3.05) is 20.2 Å². The molecular formula is C11H17N3O5S. The minimum Gasteiger partial charge on any atom is -0.478 e. The number of nitrogens with zero attached hydrogens (tertiary/aromatic N) is 2. The smallest absolute Gasteiger partial charge is 0.340 e. The molecule has 1 aliphatic heterocycles. The van der Waals surface area contributed by atoms with Crippen LogP contribution in [0.3, 0.4) is 0 Å². The number of aromatic nitrogens is 2. The number of carboxylic acids is 1. The Kier molecular flexibility index (Phi) is 4.11. The number of ether oxygens (including phenoxy) is 1. The summed E-state index contributed by atoms with van der Waals surface area (Å²) in [6, 6.07) is 0. The van der Waals surface area contributed by atoms with Gasteiger partial charge in [-0.3, -0.25) is 5.10 Å². The second kappa shape index (κ2) is 5.51. The Hall–Kier alpha value is -1.45. The van der Waals surface area contributed by atoms with Gasteiger partial charge in [-0.05, 0) is 19.8 Å². The third-order valence-electron chi connectivity index (χ3n) is 3.27. The van der Waals surface area contributed by atoms with Crippen LogP contribution >= 0.6 is 0 Å². The van der Waals surface area contributed by atoms with Crippen molar-refractivity contribution in [3.05, 3.63) is 11.3 Å². The number of hydrogen-bond donors (Lipinski definition) is 2. The van der Waals surface area contributed by atoms with E-state index in [9.17, 15) is 13.2 Å². The molecule has 1 saturated heterocycles. The maximum atomic E-state index is 12.4. The molecule has 1 fully saturated rings. The number of nitrogens with one attached hydrogen (secondary N) is 1. The van der Waals surface area contributed by atoms with Gasteiger partial charge in [0.05, 0.1) is 6.10 Å². The summed E-state index contributed by atoms with van der Waals surface area (Å²) in [5.41, 5.74) is -0.106. The summed E-state index contributed by atoms with van der Waals surface area (Å²) in [7, 11) is -2.56. The maximum Gasteiger partial charge on any atom is 0.340 e. The highest BCUT2D eigenvalue weighted by Gasteiger charge is 2.33. The summed E-state index contributed by atoms with van der Waals surface area (Å²) in [5.74, 6) is -1.32. The number of carbonyl (C=O) groups is 1. The fourth-order valence-corrected chi connectivity index (χ4v) is 3.48. The summed E-state index contributed by atoms with van der Waals surface area (Å²) < 4.78 is 31.2. The number of likely N-dealkylation sites (N-methyl/N-ethyl adjacent to an activating group) is 1. The van der Waals surface area contributed by atoms with Gasteiger partial charge in [0.1, 0.15) is 5.56 Å². The van der Waals surface area contributed by atoms with Crippen LogP contribution in [0, 0.1) is 6.92 Å². The van der Waals surface area contributed by atoms with Gasteiger partial charge in [0.25, 0.3) is 10.0 Å². The number of carboxylic acid groups (broad SMARTS) is 1. The Morgan fingerprint density at radius 3 is 2.85 bits per heavy atom. The van der Waals surface area contributed by atoms with Crippen molar-refractivity contribution in [1.82, 2.24) is 14.5 Å². The zero-order valence-electron chi connectivity index (χ0n) is 11.3. The lowest BCUT2D eigenvalue weighted by Crippen LogP contribution is -2.35. The van der Waals surface area contributed by atoms with Gasteiger partial charge in [-0.15, -0.1) is 0 Å². The van der Waals surface area contributed by atoms with E-state index >= 15 is 0 Å². The molecule has 1 aromatic rings. The van der Waals surface area contributed by atoms with Crippen LogP contribution in [-0.2, 0) is 14.8 Å². The second-order valence-corrected chi connectivity index (χ2v) is 6.71. The minimum absolute atomic E-state index is 0.150. The summed E-state index contributed by atoms with van der Waals surface area (Å²) in [5, 5.41) is 14.7. The van der Waals surface area contributed by atoms with E-state index in [1.807, 2.05) is 0 Å². The van der Waals surface area contributed by atoms with Gasteiger partial charge in [0.15, 0.2) is 0 Å². The molecule has 0 aromatic carbocycles. The van der Waals surface area contributed by atoms with Crippen LogP contribution < -0.4 is 0 Å². The number of sulfonamides is 1. The lowest BCUT2D eigenvalue weighted by atomic mass is 10.2. The first-order valence-electron chi connectivity index (χ1n) is 6.20. The Morgan fingerprint density at radius 2 is 2.30 bits per heavy atom. The SMILES string of the molecule is Cc1[nH]nc(S(=O)(=O)N(C)CC2CCCO2)c1C(=O)O. The zero-order chi connectivity index (χ0) is 14.9. The first-order chi connectivity index (χ1) is 9.34. The average molecular weight is 303 g/mol. The molecule has 2 heterocycles. The quantitative estimate of drug-likeness (QED) is 0.804. The minimum atomic E-state index is -3.95. The number of rotatable bonds is 5. The highest BCUT2D eigenvalue weighted by molar-refractivity contribution is 7.89. The predicted octanol–water partition coefficient (Wildman–Crippen LogP) is 0.216. The molecule has 2 N–H and O–H groups in total. The van der Waals surface area contributed by atoms with Crippen LogP contribution in [0.4, 0.5) is 0 Å². The Bertz CT molecular complexity index is 604. The zero-order valence-corrected chi connectivity index (χ0v) is 12.1. The van der Waals surface area contributed by atoms with Crippen molar-refractivity contribution < 1.29 is 23.1 Å². The van der Waals surface area contributed by atoms with E-state index in [0.29, 0.717) is 6.61 Å². The molecule has 0 spiro atoms. The maximum absolute atomic E-state index is 12.4. The standard InChI is InChI=1S/C11H17N3O5S/c1-7-9(11(15)16)10(13-12-7)20(17,18)14(2)6-8-4-3-5-19-8/h8H,3-6H2,1-2H3,(H,12,13)(H,15,16). The normalized spacial score (nSPS) is 19.6. The third kappa shape index (κ3) is 2.69. The fourth-order valence-electron chi connectivity index (χ4n) is 2.17. The van der Waals surface area contributed by atoms with E-state index in [2.05, 4.69) is 10.2 Å². The van der Waals surface area contributed by atoms with Gasteiger partial charge < -0.3 is 9.84 Å². The van der Waals surface area contributed by atoms with E-state index in [-0.39, 0.29) is 23.9 Å². The first kappa shape index (κ1) is 14.9. The van der Waals surface area contributed by atoms with Crippen molar-refractivity contribution in [2.45, 2.75) is 30.9 Å². The Morgan fingerprint density at radius 1 is 1.60 bits per heavy atom. The molecule has 9 heteroatoms. The molecule has 8 nitrogen and oxygen atoms in total. The van der Waals surface area contributed by atoms with Crippen LogP contribution in [-0.4, -0.2) is 60.3 Å². The van der Waals surface area contributed by atoms with E-state index < -0.39 is 21.0 Å². The van der Waals surface area contributed by atoms with Crippen molar-refractivity contribution in [2.24, 2.45) is 0 Å². The van der Waals surface area contributed by atoms with Crippen LogP contribution in [0.1, 0.15) is 28.9 Å². The molecule has 0 radical (unpaired) electrons. The molecule has 1 aliphatic rings. The molecule has 0 amide bonds. The summed E-state index contributed by atoms with van der Waals surface area (Å²) in [6.07, 6.45) is 1.55. The highest BCUT2D eigenvalue weighted by Crippen LogP contribution is 2.21. The van der Waals surface area contributed by atoms with Gasteiger partial charge >= 0.3 is 5.97 Å².